The smallest absolute Gasteiger partial charge is 0.232 e. The van der Waals surface area contributed by atoms with Gasteiger partial charge in [0.25, 0.3) is 0 Å². The highest BCUT2D eigenvalue weighted by Gasteiger charge is 2.23. The summed E-state index contributed by atoms with van der Waals surface area (Å²) in [6.07, 6.45) is 3.87. The third-order valence-corrected chi connectivity index (χ3v) is 4.64. The van der Waals surface area contributed by atoms with Crippen LogP contribution in [0.4, 0.5) is 0 Å². The minimum Gasteiger partial charge on any atom is -0.461 e. The van der Waals surface area contributed by atoms with Crippen molar-refractivity contribution in [2.24, 2.45) is 0 Å². The van der Waals surface area contributed by atoms with E-state index in [1.807, 2.05) is 16.7 Å². The van der Waals surface area contributed by atoms with Gasteiger partial charge >= 0.3 is 0 Å². The highest BCUT2D eigenvalue weighted by atomic mass is 32.2. The quantitative estimate of drug-likeness (QED) is 0.750. The highest BCUT2D eigenvalue weighted by molar-refractivity contribution is 7.99. The van der Waals surface area contributed by atoms with Gasteiger partial charge in [-0.2, -0.15) is 0 Å². The van der Waals surface area contributed by atoms with E-state index in [2.05, 4.69) is 10.2 Å². The third-order valence-electron chi connectivity index (χ3n) is 3.69. The molecule has 2 aromatic rings. The number of hydrogen-bond donors (Lipinski definition) is 0. The van der Waals surface area contributed by atoms with Crippen molar-refractivity contribution in [3.05, 3.63) is 18.4 Å². The first-order chi connectivity index (χ1) is 11.1. The molecule has 0 aromatic carbocycles. The number of carbonyl (C=O) groups is 1. The lowest BCUT2D eigenvalue weighted by molar-refractivity contribution is -0.125. The Morgan fingerprint density at radius 1 is 1.48 bits per heavy atom. The monoisotopic (exact) mass is 336 g/mol. The van der Waals surface area contributed by atoms with E-state index in [4.69, 9.17) is 9.15 Å². The van der Waals surface area contributed by atoms with Crippen molar-refractivity contribution >= 4 is 17.7 Å². The van der Waals surface area contributed by atoms with Crippen molar-refractivity contribution in [2.75, 3.05) is 26.5 Å². The number of rotatable bonds is 6. The first kappa shape index (κ1) is 16.1. The van der Waals surface area contributed by atoms with E-state index in [0.717, 1.165) is 19.4 Å². The molecule has 0 aliphatic carbocycles. The molecule has 0 spiro atoms. The van der Waals surface area contributed by atoms with Crippen molar-refractivity contribution in [2.45, 2.75) is 30.6 Å². The summed E-state index contributed by atoms with van der Waals surface area (Å²) in [5.41, 5.74) is 0. The second kappa shape index (κ2) is 7.18. The first-order valence-electron chi connectivity index (χ1n) is 7.57. The minimum atomic E-state index is 0.0428. The maximum Gasteiger partial charge on any atom is 0.232 e. The van der Waals surface area contributed by atoms with Gasteiger partial charge in [-0.15, -0.1) is 10.2 Å². The number of hydrogen-bond acceptors (Lipinski definition) is 6. The van der Waals surface area contributed by atoms with Crippen LogP contribution in [0.25, 0.3) is 11.6 Å². The molecule has 0 bridgehead atoms. The van der Waals surface area contributed by atoms with Crippen LogP contribution in [0.1, 0.15) is 12.8 Å². The molecule has 0 unspecified atom stereocenters. The Morgan fingerprint density at radius 3 is 3.00 bits per heavy atom. The van der Waals surface area contributed by atoms with E-state index in [0.29, 0.717) is 29.0 Å². The Morgan fingerprint density at radius 2 is 2.35 bits per heavy atom. The number of carbonyl (C=O) groups excluding carboxylic acids is 1. The summed E-state index contributed by atoms with van der Waals surface area (Å²) < 4.78 is 13.2. The van der Waals surface area contributed by atoms with Gasteiger partial charge in [0.2, 0.25) is 11.7 Å². The molecule has 1 amide bonds. The highest BCUT2D eigenvalue weighted by Crippen LogP contribution is 2.26. The fourth-order valence-electron chi connectivity index (χ4n) is 2.40. The maximum absolute atomic E-state index is 11.8. The fraction of sp³-hybridized carbons (Fsp3) is 0.533. The van der Waals surface area contributed by atoms with Crippen molar-refractivity contribution in [1.82, 2.24) is 19.7 Å². The zero-order chi connectivity index (χ0) is 16.2. The molecule has 1 fully saturated rings. The van der Waals surface area contributed by atoms with Gasteiger partial charge in [0.1, 0.15) is 0 Å². The Labute approximate surface area is 139 Å². The van der Waals surface area contributed by atoms with E-state index < -0.39 is 0 Å². The van der Waals surface area contributed by atoms with Crippen molar-refractivity contribution in [3.8, 4) is 11.6 Å². The van der Waals surface area contributed by atoms with Crippen LogP contribution in [0.15, 0.2) is 28.0 Å². The molecule has 2 aromatic heterocycles. The lowest BCUT2D eigenvalue weighted by Gasteiger charge is -2.14. The molecule has 0 N–H and O–H groups in total. The van der Waals surface area contributed by atoms with E-state index in [1.165, 1.54) is 11.8 Å². The number of aromatic nitrogens is 3. The molecule has 3 heterocycles. The zero-order valence-corrected chi connectivity index (χ0v) is 14.1. The lowest BCUT2D eigenvalue weighted by atomic mass is 10.2. The molecular weight excluding hydrogens is 316 g/mol. The second-order valence-corrected chi connectivity index (χ2v) is 6.55. The molecule has 1 saturated heterocycles. The average molecular weight is 336 g/mol. The van der Waals surface area contributed by atoms with Crippen molar-refractivity contribution < 1.29 is 13.9 Å². The van der Waals surface area contributed by atoms with Gasteiger partial charge < -0.3 is 14.1 Å². The predicted molar refractivity (Wildman–Crippen MR) is 86.1 cm³/mol. The van der Waals surface area contributed by atoms with Crippen LogP contribution in [-0.2, 0) is 16.1 Å². The average Bonchev–Trinajstić information content (AvgIpc) is 3.27. The minimum absolute atomic E-state index is 0.0428. The Hall–Kier alpha value is -1.80. The van der Waals surface area contributed by atoms with E-state index in [9.17, 15) is 4.79 Å². The number of thioether (sulfide) groups is 1. The number of nitrogens with zero attached hydrogens (tertiary/aromatic N) is 4. The van der Waals surface area contributed by atoms with Gasteiger partial charge in [-0.1, -0.05) is 11.8 Å². The zero-order valence-electron chi connectivity index (χ0n) is 13.3. The third kappa shape index (κ3) is 3.76. The molecule has 1 aliphatic rings. The number of furan rings is 1. The van der Waals surface area contributed by atoms with Crippen LogP contribution < -0.4 is 0 Å². The molecule has 8 heteroatoms. The molecule has 3 rings (SSSR count). The summed E-state index contributed by atoms with van der Waals surface area (Å²) in [5, 5.41) is 9.19. The van der Waals surface area contributed by atoms with E-state index in [1.54, 1.807) is 25.3 Å². The van der Waals surface area contributed by atoms with Crippen LogP contribution in [0, 0.1) is 0 Å². The molecule has 23 heavy (non-hydrogen) atoms. The van der Waals surface area contributed by atoms with E-state index in [-0.39, 0.29) is 12.0 Å². The molecule has 0 saturated carbocycles. The lowest BCUT2D eigenvalue weighted by Crippen LogP contribution is -2.24. The maximum atomic E-state index is 11.8. The molecule has 124 valence electrons. The molecule has 0 radical (unpaired) electrons. The molecule has 1 aliphatic heterocycles. The second-order valence-electron chi connectivity index (χ2n) is 5.61. The largest absolute Gasteiger partial charge is 0.461 e. The predicted octanol–water partition coefficient (Wildman–Crippen LogP) is 1.90. The SMILES string of the molecule is CN(C)C(=O)CSc1nnc(-c2ccco2)n1C[C@H]1CCCO1. The molecule has 1 atom stereocenters. The van der Waals surface area contributed by atoms with Gasteiger partial charge in [-0.25, -0.2) is 0 Å². The van der Waals surface area contributed by atoms with Crippen LogP contribution in [0.5, 0.6) is 0 Å². The number of ether oxygens (including phenoxy) is 1. The van der Waals surface area contributed by atoms with Gasteiger partial charge in [0.15, 0.2) is 10.9 Å². The Bertz CT molecular complexity index is 648. The summed E-state index contributed by atoms with van der Waals surface area (Å²) in [6, 6.07) is 3.68. The Balaban J connectivity index is 1.81. The topological polar surface area (TPSA) is 73.4 Å². The van der Waals surface area contributed by atoms with Gasteiger partial charge in [0.05, 0.1) is 24.7 Å². The van der Waals surface area contributed by atoms with Crippen LogP contribution in [0.2, 0.25) is 0 Å². The summed E-state index contributed by atoms with van der Waals surface area (Å²) in [6.45, 7) is 1.46. The van der Waals surface area contributed by atoms with Gasteiger partial charge in [0, 0.05) is 20.7 Å². The van der Waals surface area contributed by atoms with E-state index >= 15 is 0 Å². The molecule has 7 nitrogen and oxygen atoms in total. The normalized spacial score (nSPS) is 17.6. The summed E-state index contributed by atoms with van der Waals surface area (Å²) >= 11 is 1.39. The molecular formula is C15H20N4O3S. The summed E-state index contributed by atoms with van der Waals surface area (Å²) in [5.74, 6) is 1.71. The number of amides is 1. The van der Waals surface area contributed by atoms with Crippen molar-refractivity contribution in [3.63, 3.8) is 0 Å². The first-order valence-corrected chi connectivity index (χ1v) is 8.55. The van der Waals surface area contributed by atoms with Gasteiger partial charge in [-0.3, -0.25) is 9.36 Å². The Kier molecular flexibility index (Phi) is 5.02. The summed E-state index contributed by atoms with van der Waals surface area (Å²) in [7, 11) is 3.49. The van der Waals surface area contributed by atoms with Crippen LogP contribution in [-0.4, -0.2) is 58.1 Å². The van der Waals surface area contributed by atoms with Crippen LogP contribution >= 0.6 is 11.8 Å². The van der Waals surface area contributed by atoms with Gasteiger partial charge in [-0.05, 0) is 25.0 Å². The standard InChI is InChI=1S/C15H20N4O3S/c1-18(2)13(20)10-23-15-17-16-14(12-6-4-8-22-12)19(15)9-11-5-3-7-21-11/h4,6,8,11H,3,5,7,9-10H2,1-2H3/t11-/m1/s1. The summed E-state index contributed by atoms with van der Waals surface area (Å²) in [4.78, 5) is 13.4. The fourth-order valence-corrected chi connectivity index (χ4v) is 3.32. The van der Waals surface area contributed by atoms with Crippen LogP contribution in [0.3, 0.4) is 0 Å². The van der Waals surface area contributed by atoms with Crippen molar-refractivity contribution in [1.29, 1.82) is 0 Å².